The van der Waals surface area contributed by atoms with Crippen molar-refractivity contribution in [3.8, 4) is 0 Å². The summed E-state index contributed by atoms with van der Waals surface area (Å²) in [4.78, 5) is 45.1. The molecule has 0 bridgehead atoms. The summed E-state index contributed by atoms with van der Waals surface area (Å²) in [5, 5.41) is 6.41. The molecule has 7 nitrogen and oxygen atoms in total. The normalized spacial score (nSPS) is 20.4. The van der Waals surface area contributed by atoms with Crippen LogP contribution >= 0.6 is 0 Å². The van der Waals surface area contributed by atoms with Gasteiger partial charge in [-0.2, -0.15) is 0 Å². The van der Waals surface area contributed by atoms with Crippen LogP contribution in [0.5, 0.6) is 0 Å². The minimum absolute atomic E-state index is 0.145. The molecule has 10 heteroatoms. The molecular weight excluding hydrogens is 605 g/mol. The highest BCUT2D eigenvalue weighted by atomic mass is 19.1. The van der Waals surface area contributed by atoms with E-state index in [1.165, 1.54) is 36.4 Å². The Morgan fingerprint density at radius 3 is 1.66 bits per heavy atom. The molecule has 0 aromatic heterocycles. The van der Waals surface area contributed by atoms with Gasteiger partial charge in [-0.1, -0.05) is 36.4 Å². The van der Waals surface area contributed by atoms with E-state index in [0.717, 1.165) is 25.9 Å². The highest BCUT2D eigenvalue weighted by molar-refractivity contribution is 5.93. The number of benzene rings is 3. The summed E-state index contributed by atoms with van der Waals surface area (Å²) in [6.45, 7) is 3.27. The number of piperidine rings is 1. The van der Waals surface area contributed by atoms with Crippen LogP contribution < -0.4 is 10.6 Å². The van der Waals surface area contributed by atoms with E-state index >= 15 is 0 Å². The lowest BCUT2D eigenvalue weighted by Crippen LogP contribution is -2.54. The zero-order chi connectivity index (χ0) is 33.0. The van der Waals surface area contributed by atoms with Gasteiger partial charge in [-0.3, -0.25) is 14.4 Å². The Morgan fingerprint density at radius 2 is 1.15 bits per heavy atom. The van der Waals surface area contributed by atoms with E-state index in [2.05, 4.69) is 10.6 Å². The SMILES string of the molecule is O=C(NCC1CCNCC1)[C@H]1CCCN1C(=O)[C@@H]1CCCN1C(=O)CC(c1ccc(F)cc1)(c1ccc(F)cc1)c1ccc(F)cc1. The van der Waals surface area contributed by atoms with Gasteiger partial charge in [0.15, 0.2) is 0 Å². The highest BCUT2D eigenvalue weighted by Gasteiger charge is 2.45. The van der Waals surface area contributed by atoms with E-state index in [-0.39, 0.29) is 24.1 Å². The summed E-state index contributed by atoms with van der Waals surface area (Å²) < 4.78 is 42.5. The predicted octanol–water partition coefficient (Wildman–Crippen LogP) is 4.93. The average Bonchev–Trinajstić information content (AvgIpc) is 3.79. The van der Waals surface area contributed by atoms with Crippen molar-refractivity contribution in [2.45, 2.75) is 62.4 Å². The molecule has 3 fully saturated rings. The van der Waals surface area contributed by atoms with Crippen molar-refractivity contribution in [2.24, 2.45) is 5.92 Å². The first-order chi connectivity index (χ1) is 22.8. The van der Waals surface area contributed by atoms with Crippen LogP contribution in [0.3, 0.4) is 0 Å². The van der Waals surface area contributed by atoms with Crippen LogP contribution in [0, 0.1) is 23.4 Å². The molecule has 47 heavy (non-hydrogen) atoms. The third-order valence-corrected chi connectivity index (χ3v) is 10.1. The van der Waals surface area contributed by atoms with E-state index in [4.69, 9.17) is 0 Å². The Hall–Kier alpha value is -4.18. The lowest BCUT2D eigenvalue weighted by Gasteiger charge is -2.38. The van der Waals surface area contributed by atoms with Gasteiger partial charge >= 0.3 is 0 Å². The lowest BCUT2D eigenvalue weighted by atomic mass is 9.67. The van der Waals surface area contributed by atoms with E-state index < -0.39 is 35.0 Å². The van der Waals surface area contributed by atoms with Crippen LogP contribution in [0.4, 0.5) is 13.2 Å². The van der Waals surface area contributed by atoms with Crippen molar-refractivity contribution in [3.05, 3.63) is 107 Å². The van der Waals surface area contributed by atoms with Gasteiger partial charge in [0.1, 0.15) is 29.5 Å². The zero-order valence-electron chi connectivity index (χ0n) is 26.4. The molecule has 3 heterocycles. The van der Waals surface area contributed by atoms with E-state index in [0.29, 0.717) is 67.9 Å². The number of halogens is 3. The number of rotatable bonds is 9. The number of carbonyl (C=O) groups excluding carboxylic acids is 3. The van der Waals surface area contributed by atoms with Crippen LogP contribution in [0.15, 0.2) is 72.8 Å². The molecular formula is C37H41F3N4O3. The predicted molar refractivity (Wildman–Crippen MR) is 172 cm³/mol. The third kappa shape index (κ3) is 6.93. The van der Waals surface area contributed by atoms with E-state index in [1.807, 2.05) is 0 Å². The number of amides is 3. The molecule has 0 spiro atoms. The molecule has 0 unspecified atom stereocenters. The van der Waals surface area contributed by atoms with Crippen LogP contribution in [-0.4, -0.2) is 72.3 Å². The molecule has 2 atom stereocenters. The second kappa shape index (κ2) is 14.3. The number of nitrogens with one attached hydrogen (secondary N) is 2. The number of hydrogen-bond donors (Lipinski definition) is 2. The number of carbonyl (C=O) groups is 3. The second-order valence-electron chi connectivity index (χ2n) is 13.0. The summed E-state index contributed by atoms with van der Waals surface area (Å²) in [5.41, 5.74) is 0.459. The molecule has 3 aliphatic rings. The summed E-state index contributed by atoms with van der Waals surface area (Å²) >= 11 is 0. The first-order valence-corrected chi connectivity index (χ1v) is 16.6. The minimum atomic E-state index is -1.24. The number of likely N-dealkylation sites (tertiary alicyclic amines) is 2. The summed E-state index contributed by atoms with van der Waals surface area (Å²) in [7, 11) is 0. The van der Waals surface area contributed by atoms with Crippen molar-refractivity contribution < 1.29 is 27.6 Å². The highest BCUT2D eigenvalue weighted by Crippen LogP contribution is 2.43. The van der Waals surface area contributed by atoms with Crippen molar-refractivity contribution in [1.82, 2.24) is 20.4 Å². The number of hydrogen-bond acceptors (Lipinski definition) is 4. The third-order valence-electron chi connectivity index (χ3n) is 10.1. The van der Waals surface area contributed by atoms with Gasteiger partial charge < -0.3 is 20.4 Å². The lowest BCUT2D eigenvalue weighted by molar-refractivity contribution is -0.146. The van der Waals surface area contributed by atoms with Gasteiger partial charge in [-0.15, -0.1) is 0 Å². The Bertz CT molecular complexity index is 1450. The molecule has 0 aliphatic carbocycles. The zero-order valence-corrected chi connectivity index (χ0v) is 26.4. The fourth-order valence-electron chi connectivity index (χ4n) is 7.60. The maximum Gasteiger partial charge on any atom is 0.246 e. The molecule has 248 valence electrons. The summed E-state index contributed by atoms with van der Waals surface area (Å²) in [5.74, 6) is -1.66. The topological polar surface area (TPSA) is 81.8 Å². The van der Waals surface area contributed by atoms with Crippen molar-refractivity contribution in [3.63, 3.8) is 0 Å². The Morgan fingerprint density at radius 1 is 0.681 bits per heavy atom. The molecule has 0 saturated carbocycles. The van der Waals surface area contributed by atoms with Gasteiger partial charge in [0, 0.05) is 26.1 Å². The number of nitrogens with zero attached hydrogens (tertiary/aromatic N) is 2. The van der Waals surface area contributed by atoms with Crippen molar-refractivity contribution in [2.75, 3.05) is 32.7 Å². The monoisotopic (exact) mass is 646 g/mol. The molecule has 3 aromatic carbocycles. The Labute approximate surface area is 273 Å². The first kappa shape index (κ1) is 32.7. The van der Waals surface area contributed by atoms with Crippen molar-refractivity contribution >= 4 is 17.7 Å². The summed E-state index contributed by atoms with van der Waals surface area (Å²) in [6, 6.07) is 16.0. The van der Waals surface area contributed by atoms with Crippen LogP contribution in [0.1, 0.15) is 61.6 Å². The van der Waals surface area contributed by atoms with Gasteiger partial charge in [-0.25, -0.2) is 13.2 Å². The largest absolute Gasteiger partial charge is 0.354 e. The van der Waals surface area contributed by atoms with Gasteiger partial charge in [-0.05, 0) is 111 Å². The van der Waals surface area contributed by atoms with Gasteiger partial charge in [0.05, 0.1) is 5.41 Å². The van der Waals surface area contributed by atoms with Crippen LogP contribution in [0.25, 0.3) is 0 Å². The smallest absolute Gasteiger partial charge is 0.246 e. The Balaban J connectivity index is 1.28. The van der Waals surface area contributed by atoms with E-state index in [9.17, 15) is 27.6 Å². The first-order valence-electron chi connectivity index (χ1n) is 16.6. The molecule has 2 N–H and O–H groups in total. The van der Waals surface area contributed by atoms with Gasteiger partial charge in [0.2, 0.25) is 17.7 Å². The standard InChI is InChI=1S/C37H41F3N4O3/c38-29-11-5-26(6-12-29)37(27-7-13-30(39)14-8-27,28-9-15-31(40)16-10-28)23-34(45)43-21-2-4-33(43)36(47)44-22-1-3-32(44)35(46)42-24-25-17-19-41-20-18-25/h5-16,25,32-33,41H,1-4,17-24H2,(H,42,46)/t32-,33+/m1/s1. The molecule has 3 aliphatic heterocycles. The fraction of sp³-hybridized carbons (Fsp3) is 0.432. The maximum absolute atomic E-state index is 14.5. The van der Waals surface area contributed by atoms with Crippen LogP contribution in [-0.2, 0) is 19.8 Å². The van der Waals surface area contributed by atoms with Crippen molar-refractivity contribution in [1.29, 1.82) is 0 Å². The molecule has 0 radical (unpaired) electrons. The van der Waals surface area contributed by atoms with E-state index in [1.54, 1.807) is 46.2 Å². The second-order valence-corrected chi connectivity index (χ2v) is 13.0. The fourth-order valence-corrected chi connectivity index (χ4v) is 7.60. The molecule has 3 saturated heterocycles. The van der Waals surface area contributed by atoms with Gasteiger partial charge in [0.25, 0.3) is 0 Å². The molecule has 3 aromatic rings. The van der Waals surface area contributed by atoms with Crippen LogP contribution in [0.2, 0.25) is 0 Å². The quantitative estimate of drug-likeness (QED) is 0.324. The molecule has 6 rings (SSSR count). The minimum Gasteiger partial charge on any atom is -0.354 e. The molecule has 3 amide bonds. The maximum atomic E-state index is 14.5. The Kier molecular flexibility index (Phi) is 9.96. The average molecular weight is 647 g/mol. The summed E-state index contributed by atoms with van der Waals surface area (Å²) in [6.07, 6.45) is 4.22.